The van der Waals surface area contributed by atoms with Gasteiger partial charge in [0.15, 0.2) is 0 Å². The monoisotopic (exact) mass is 700 g/mol. The molecule has 5 rings (SSSR count). The maximum Gasteiger partial charge on any atom is 0.134 e. The van der Waals surface area contributed by atoms with Crippen LogP contribution in [0.15, 0.2) is 72.8 Å². The summed E-state index contributed by atoms with van der Waals surface area (Å²) in [5.74, 6) is 2.78. The number of rotatable bonds is 10. The van der Waals surface area contributed by atoms with Crippen molar-refractivity contribution >= 4 is 19.0 Å². The highest BCUT2D eigenvalue weighted by Crippen LogP contribution is 2.67. The molecular weight excluding hydrogens is 636 g/mol. The van der Waals surface area contributed by atoms with Gasteiger partial charge in [-0.15, -0.1) is 0 Å². The second kappa shape index (κ2) is 15.5. The maximum atomic E-state index is 13.7. The summed E-state index contributed by atoms with van der Waals surface area (Å²) in [7, 11) is -0.853. The molecular formula is C49H65OP. The van der Waals surface area contributed by atoms with Gasteiger partial charge < -0.3 is 0 Å². The molecule has 1 nitrogen and oxygen atoms in total. The van der Waals surface area contributed by atoms with E-state index in [1.165, 1.54) is 66.5 Å². The summed E-state index contributed by atoms with van der Waals surface area (Å²) in [6, 6.07) is 28.3. The van der Waals surface area contributed by atoms with Gasteiger partial charge in [0.05, 0.1) is 0 Å². The first-order valence-electron chi connectivity index (χ1n) is 19.8. The lowest BCUT2D eigenvalue weighted by molar-refractivity contribution is -0.119. The number of Topliss-reactive ketones (excluding diaryl/α,β-unsaturated/α-hetero) is 1. The topological polar surface area (TPSA) is 17.1 Å². The first-order valence-corrected chi connectivity index (χ1v) is 21.2. The zero-order chi connectivity index (χ0) is 37.5. The molecule has 1 saturated heterocycles. The molecule has 0 saturated carbocycles. The van der Waals surface area contributed by atoms with Crippen LogP contribution in [0.25, 0.3) is 22.3 Å². The van der Waals surface area contributed by atoms with Crippen LogP contribution >= 0.6 is 7.92 Å². The van der Waals surface area contributed by atoms with Gasteiger partial charge in [0.25, 0.3) is 0 Å². The van der Waals surface area contributed by atoms with Gasteiger partial charge in [-0.1, -0.05) is 178 Å². The third kappa shape index (κ3) is 7.86. The predicted octanol–water partition coefficient (Wildman–Crippen LogP) is 14.8. The molecule has 0 amide bonds. The van der Waals surface area contributed by atoms with Gasteiger partial charge in [0.1, 0.15) is 5.78 Å². The van der Waals surface area contributed by atoms with Crippen LogP contribution in [-0.2, 0) is 4.79 Å². The molecule has 51 heavy (non-hydrogen) atoms. The Morgan fingerprint density at radius 1 is 0.549 bits per heavy atom. The van der Waals surface area contributed by atoms with Crippen molar-refractivity contribution in [1.82, 2.24) is 0 Å². The molecule has 0 aliphatic carbocycles. The van der Waals surface area contributed by atoms with E-state index in [1.807, 2.05) is 0 Å². The predicted molar refractivity (Wildman–Crippen MR) is 226 cm³/mol. The van der Waals surface area contributed by atoms with Crippen molar-refractivity contribution in [2.45, 2.75) is 156 Å². The average molecular weight is 701 g/mol. The summed E-state index contributed by atoms with van der Waals surface area (Å²) in [6.45, 7) is 33.1. The summed E-state index contributed by atoms with van der Waals surface area (Å²) >= 11 is 0. The molecule has 2 unspecified atom stereocenters. The lowest BCUT2D eigenvalue weighted by Crippen LogP contribution is -2.36. The number of hydrogen-bond acceptors (Lipinski definition) is 1. The van der Waals surface area contributed by atoms with Crippen molar-refractivity contribution < 1.29 is 4.79 Å². The van der Waals surface area contributed by atoms with Gasteiger partial charge in [0, 0.05) is 18.5 Å². The van der Waals surface area contributed by atoms with E-state index in [1.54, 1.807) is 0 Å². The Labute approximate surface area is 312 Å². The van der Waals surface area contributed by atoms with Crippen LogP contribution < -0.4 is 5.30 Å². The van der Waals surface area contributed by atoms with Crippen LogP contribution in [0.4, 0.5) is 0 Å². The Morgan fingerprint density at radius 2 is 0.941 bits per heavy atom. The van der Waals surface area contributed by atoms with Crippen LogP contribution in [0.3, 0.4) is 0 Å². The normalized spacial score (nSPS) is 17.9. The molecule has 1 heterocycles. The zero-order valence-electron chi connectivity index (χ0n) is 34.2. The fraction of sp³-hybridized carbons (Fsp3) is 0.490. The molecule has 0 bridgehead atoms. The Hall–Kier alpha value is -3.02. The van der Waals surface area contributed by atoms with Crippen LogP contribution in [-0.4, -0.2) is 10.9 Å². The first-order chi connectivity index (χ1) is 23.9. The van der Waals surface area contributed by atoms with E-state index in [9.17, 15) is 4.79 Å². The molecule has 1 fully saturated rings. The van der Waals surface area contributed by atoms with Gasteiger partial charge >= 0.3 is 0 Å². The molecule has 4 aromatic rings. The fourth-order valence-corrected chi connectivity index (χ4v) is 12.4. The van der Waals surface area contributed by atoms with Crippen molar-refractivity contribution in [2.75, 3.05) is 0 Å². The number of ketones is 1. The SMILES string of the molecule is CC(C)c1cc(C(C)C)c(-c2cccc(-c3c(C(C)C)cc(C(C)C)cc3C(C)C)c2P2C(c3ccccc3)CC(=O)CC2(C)C)c(C(C)C)c1. The standard InChI is InChI=1S/C49H65OP/c1-29(2)36-23-41(31(5)6)46(42(24-36)32(7)8)39-21-18-22-40(47-43(33(9)10)25-37(30(3)4)26-44(47)34(11)12)48(39)51-45(35-19-16-15-17-20-35)27-38(50)28-49(51,13)14/h15-26,29-34,45H,27-28H2,1-14H3. The summed E-state index contributed by atoms with van der Waals surface area (Å²) in [6.07, 6.45) is 1.23. The minimum absolute atomic E-state index is 0.150. The molecule has 0 aromatic heterocycles. The Kier molecular flexibility index (Phi) is 11.9. The van der Waals surface area contributed by atoms with Crippen LogP contribution in [0.2, 0.25) is 0 Å². The van der Waals surface area contributed by atoms with Gasteiger partial charge in [-0.05, 0) is 107 Å². The summed E-state index contributed by atoms with van der Waals surface area (Å²) in [5.41, 5.74) is 15.7. The smallest absolute Gasteiger partial charge is 0.134 e. The lowest BCUT2D eigenvalue weighted by atomic mass is 9.79. The summed E-state index contributed by atoms with van der Waals surface area (Å²) < 4.78 is 0. The molecule has 1 aliphatic rings. The molecule has 0 radical (unpaired) electrons. The summed E-state index contributed by atoms with van der Waals surface area (Å²) in [4.78, 5) is 13.7. The third-order valence-corrected chi connectivity index (χ3v) is 14.8. The highest BCUT2D eigenvalue weighted by molar-refractivity contribution is 7.68. The van der Waals surface area contributed by atoms with E-state index in [-0.39, 0.29) is 10.8 Å². The molecule has 272 valence electrons. The molecule has 4 aromatic carbocycles. The first kappa shape index (κ1) is 39.2. The van der Waals surface area contributed by atoms with Crippen LogP contribution in [0.1, 0.15) is 190 Å². The van der Waals surface area contributed by atoms with E-state index in [4.69, 9.17) is 0 Å². The number of hydrogen-bond donors (Lipinski definition) is 0. The zero-order valence-corrected chi connectivity index (χ0v) is 35.1. The van der Waals surface area contributed by atoms with E-state index >= 15 is 0 Å². The Balaban J connectivity index is 2.04. The Bertz CT molecular complexity index is 1700. The summed E-state index contributed by atoms with van der Waals surface area (Å²) in [5, 5.41) is 1.32. The number of carbonyl (C=O) groups excluding carboxylic acids is 1. The van der Waals surface area contributed by atoms with Gasteiger partial charge in [-0.2, -0.15) is 0 Å². The van der Waals surface area contributed by atoms with Gasteiger partial charge in [-0.25, -0.2) is 0 Å². The van der Waals surface area contributed by atoms with Crippen molar-refractivity contribution in [3.63, 3.8) is 0 Å². The van der Waals surface area contributed by atoms with Crippen molar-refractivity contribution in [2.24, 2.45) is 0 Å². The second-order valence-corrected chi connectivity index (χ2v) is 20.8. The van der Waals surface area contributed by atoms with Crippen molar-refractivity contribution in [3.8, 4) is 22.3 Å². The van der Waals surface area contributed by atoms with E-state index in [0.717, 1.165) is 0 Å². The van der Waals surface area contributed by atoms with Crippen molar-refractivity contribution in [3.05, 3.63) is 112 Å². The quantitative estimate of drug-likeness (QED) is 0.151. The maximum absolute atomic E-state index is 13.7. The molecule has 0 spiro atoms. The van der Waals surface area contributed by atoms with Gasteiger partial charge in [-0.3, -0.25) is 4.79 Å². The minimum atomic E-state index is -0.853. The van der Waals surface area contributed by atoms with Gasteiger partial charge in [0.2, 0.25) is 0 Å². The highest BCUT2D eigenvalue weighted by Gasteiger charge is 2.46. The van der Waals surface area contributed by atoms with Crippen molar-refractivity contribution in [1.29, 1.82) is 0 Å². The van der Waals surface area contributed by atoms with Crippen LogP contribution in [0.5, 0.6) is 0 Å². The fourth-order valence-electron chi connectivity index (χ4n) is 8.51. The number of carbonyl (C=O) groups is 1. The Morgan fingerprint density at radius 3 is 1.29 bits per heavy atom. The van der Waals surface area contributed by atoms with E-state index < -0.39 is 7.92 Å². The highest BCUT2D eigenvalue weighted by atomic mass is 31.1. The lowest BCUT2D eigenvalue weighted by Gasteiger charge is -2.46. The molecule has 2 atom stereocenters. The molecule has 1 aliphatic heterocycles. The molecule has 0 N–H and O–H groups in total. The minimum Gasteiger partial charge on any atom is -0.300 e. The second-order valence-electron chi connectivity index (χ2n) is 17.8. The number of benzene rings is 4. The molecule has 2 heteroatoms. The largest absolute Gasteiger partial charge is 0.300 e. The average Bonchev–Trinajstić information content (AvgIpc) is 3.06. The van der Waals surface area contributed by atoms with Crippen LogP contribution in [0, 0.1) is 0 Å². The third-order valence-electron chi connectivity index (χ3n) is 11.3. The van der Waals surface area contributed by atoms with E-state index in [0.29, 0.717) is 54.1 Å². The van der Waals surface area contributed by atoms with E-state index in [2.05, 4.69) is 170 Å².